The number of fused-ring (bicyclic) bond motifs is 1. The van der Waals surface area contributed by atoms with Crippen LogP contribution in [0.5, 0.6) is 0 Å². The molecule has 0 aliphatic carbocycles. The number of rotatable bonds is 16. The van der Waals surface area contributed by atoms with Crippen LogP contribution in [0.4, 0.5) is 23.0 Å². The third kappa shape index (κ3) is 9.93. The van der Waals surface area contributed by atoms with Crippen LogP contribution in [-0.2, 0) is 20.9 Å². The molecule has 2 aliphatic heterocycles. The number of nitrogens with one attached hydrogen (secondary N) is 4. The molecule has 0 bridgehead atoms. The van der Waals surface area contributed by atoms with Crippen molar-refractivity contribution in [3.63, 3.8) is 0 Å². The van der Waals surface area contributed by atoms with Gasteiger partial charge in [0.2, 0.25) is 17.8 Å². The number of benzene rings is 3. The Balaban J connectivity index is 0.860. The maximum absolute atomic E-state index is 13.4. The second-order valence-corrected chi connectivity index (χ2v) is 14.8. The van der Waals surface area contributed by atoms with Gasteiger partial charge in [-0.1, -0.05) is 24.3 Å². The molecular weight excluding hydrogens is 777 g/mol. The summed E-state index contributed by atoms with van der Waals surface area (Å²) in [6.45, 7) is 5.34. The molecule has 7 rings (SSSR count). The number of anilines is 4. The molecule has 1 fully saturated rings. The summed E-state index contributed by atoms with van der Waals surface area (Å²) in [5, 5.41) is 11.9. The number of carbonyl (C=O) groups excluding carboxylic acids is 6. The summed E-state index contributed by atoms with van der Waals surface area (Å²) in [5.41, 5.74) is 6.25. The van der Waals surface area contributed by atoms with Gasteiger partial charge < -0.3 is 31.0 Å². The molecular formula is C45H46N10O6. The Morgan fingerprint density at radius 3 is 2.41 bits per heavy atom. The van der Waals surface area contributed by atoms with Crippen LogP contribution in [0.25, 0.3) is 11.3 Å². The van der Waals surface area contributed by atoms with E-state index in [-0.39, 0.29) is 54.7 Å². The van der Waals surface area contributed by atoms with E-state index >= 15 is 0 Å². The Bertz CT molecular complexity index is 2440. The van der Waals surface area contributed by atoms with Gasteiger partial charge in [-0.2, -0.15) is 0 Å². The fourth-order valence-electron chi connectivity index (χ4n) is 7.30. The van der Waals surface area contributed by atoms with E-state index in [0.717, 1.165) is 33.0 Å². The number of aldehydes is 1. The minimum Gasteiger partial charge on any atom is -0.384 e. The van der Waals surface area contributed by atoms with Gasteiger partial charge in [-0.3, -0.25) is 38.8 Å². The zero-order chi connectivity index (χ0) is 42.9. The molecule has 1 unspecified atom stereocenters. The predicted molar refractivity (Wildman–Crippen MR) is 229 cm³/mol. The number of piperazine rings is 1. The highest BCUT2D eigenvalue weighted by Gasteiger charge is 2.41. The first-order valence-electron chi connectivity index (χ1n) is 20.0. The molecule has 16 heteroatoms. The number of nitrogens with zero attached hydrogens (tertiary/aromatic N) is 6. The predicted octanol–water partition coefficient (Wildman–Crippen LogP) is 4.68. The first-order chi connectivity index (χ1) is 29.6. The van der Waals surface area contributed by atoms with Crippen molar-refractivity contribution in [2.24, 2.45) is 0 Å². The quantitative estimate of drug-likeness (QED) is 0.0793. The van der Waals surface area contributed by atoms with E-state index in [1.807, 2.05) is 60.4 Å². The monoisotopic (exact) mass is 822 g/mol. The SMILES string of the molecule is CNC(=O)CCC(C=O)N1C(=O)c2cccc(NCCC(=O)N3CCN(Cc4ccc(C(=O)Nc5ccc(C)c(Nc6nccc(-c7cccnc7)n6)c5)cc4)CC3)c2C1=O. The van der Waals surface area contributed by atoms with Crippen molar-refractivity contribution in [2.45, 2.75) is 38.8 Å². The summed E-state index contributed by atoms with van der Waals surface area (Å²) in [5.74, 6) is -1.35. The number of hydrogen-bond acceptors (Lipinski definition) is 12. The standard InChI is InChI=1S/C45H46N10O6/c1-29-8-13-33(25-38(29)52-45-49-19-16-36(51-45)32-5-4-18-47-26-32)50-42(59)31-11-9-30(10-12-31)27-53-21-23-54(24-22-53)40(58)17-20-48-37-7-3-6-35-41(37)44(61)55(43(35)60)34(28-56)14-15-39(57)46-2/h3-13,16,18-19,25-26,28,34,48H,14-15,17,20-24,27H2,1-2H3,(H,46,57)(H,50,59)(H,49,51,52). The van der Waals surface area contributed by atoms with Crippen molar-refractivity contribution in [3.05, 3.63) is 125 Å². The smallest absolute Gasteiger partial charge is 0.264 e. The second-order valence-electron chi connectivity index (χ2n) is 14.8. The van der Waals surface area contributed by atoms with E-state index < -0.39 is 17.9 Å². The third-order valence-corrected chi connectivity index (χ3v) is 10.7. The summed E-state index contributed by atoms with van der Waals surface area (Å²) in [4.78, 5) is 94.6. The molecule has 1 saturated heterocycles. The van der Waals surface area contributed by atoms with Crippen molar-refractivity contribution in [3.8, 4) is 11.3 Å². The third-order valence-electron chi connectivity index (χ3n) is 10.7. The van der Waals surface area contributed by atoms with Gasteiger partial charge in [0.25, 0.3) is 17.7 Å². The van der Waals surface area contributed by atoms with Crippen LogP contribution in [0.15, 0.2) is 97.5 Å². The highest BCUT2D eigenvalue weighted by atomic mass is 16.2. The highest BCUT2D eigenvalue weighted by molar-refractivity contribution is 6.24. The van der Waals surface area contributed by atoms with Crippen molar-refractivity contribution in [1.29, 1.82) is 0 Å². The lowest BCUT2D eigenvalue weighted by Gasteiger charge is -2.35. The fraction of sp³-hybridized carbons (Fsp3) is 0.267. The van der Waals surface area contributed by atoms with Crippen molar-refractivity contribution in [1.82, 2.24) is 35.0 Å². The number of aromatic nitrogens is 3. The lowest BCUT2D eigenvalue weighted by atomic mass is 10.1. The Kier molecular flexibility index (Phi) is 13.1. The van der Waals surface area contributed by atoms with Gasteiger partial charge in [-0.25, -0.2) is 9.97 Å². The molecule has 16 nitrogen and oxygen atoms in total. The topological polar surface area (TPSA) is 199 Å². The highest BCUT2D eigenvalue weighted by Crippen LogP contribution is 2.31. The van der Waals surface area contributed by atoms with Crippen molar-refractivity contribution < 1.29 is 28.8 Å². The number of pyridine rings is 1. The van der Waals surface area contributed by atoms with E-state index in [4.69, 9.17) is 0 Å². The molecule has 4 N–H and O–H groups in total. The van der Waals surface area contributed by atoms with E-state index in [0.29, 0.717) is 61.9 Å². The molecule has 0 spiro atoms. The Morgan fingerprint density at radius 2 is 1.67 bits per heavy atom. The molecule has 5 aromatic rings. The van der Waals surface area contributed by atoms with Crippen molar-refractivity contribution >= 4 is 58.8 Å². The minimum atomic E-state index is -1.07. The zero-order valence-electron chi connectivity index (χ0n) is 33.9. The first-order valence-corrected chi connectivity index (χ1v) is 20.0. The molecule has 5 amide bonds. The van der Waals surface area contributed by atoms with Gasteiger partial charge in [0.1, 0.15) is 6.29 Å². The molecule has 1 atom stereocenters. The zero-order valence-corrected chi connectivity index (χ0v) is 33.9. The molecule has 0 radical (unpaired) electrons. The average molecular weight is 823 g/mol. The summed E-state index contributed by atoms with van der Waals surface area (Å²) in [7, 11) is 1.47. The van der Waals surface area contributed by atoms with Crippen LogP contribution in [0.1, 0.15) is 61.5 Å². The minimum absolute atomic E-state index is 0.0126. The van der Waals surface area contributed by atoms with E-state index in [1.54, 1.807) is 42.9 Å². The Labute approximate surface area is 352 Å². The van der Waals surface area contributed by atoms with Gasteiger partial charge in [-0.15, -0.1) is 0 Å². The Hall–Kier alpha value is -7.33. The number of hydrogen-bond donors (Lipinski definition) is 4. The number of carbonyl (C=O) groups is 6. The van der Waals surface area contributed by atoms with Gasteiger partial charge in [0, 0.05) is 106 Å². The van der Waals surface area contributed by atoms with E-state index in [9.17, 15) is 28.8 Å². The van der Waals surface area contributed by atoms with Gasteiger partial charge >= 0.3 is 0 Å². The number of aryl methyl sites for hydroxylation is 1. The molecule has 0 saturated carbocycles. The van der Waals surface area contributed by atoms with E-state index in [1.165, 1.54) is 13.1 Å². The van der Waals surface area contributed by atoms with Crippen LogP contribution in [0.3, 0.4) is 0 Å². The lowest BCUT2D eigenvalue weighted by molar-refractivity contribution is -0.132. The van der Waals surface area contributed by atoms with Gasteiger partial charge in [0.15, 0.2) is 0 Å². The van der Waals surface area contributed by atoms with Crippen LogP contribution in [-0.4, -0.2) is 111 Å². The van der Waals surface area contributed by atoms with Gasteiger partial charge in [-0.05, 0) is 79.1 Å². The number of amides is 5. The average Bonchev–Trinajstić information content (AvgIpc) is 3.54. The van der Waals surface area contributed by atoms with Crippen LogP contribution < -0.4 is 21.3 Å². The summed E-state index contributed by atoms with van der Waals surface area (Å²) in [6, 6.07) is 22.5. The first kappa shape index (κ1) is 41.8. The largest absolute Gasteiger partial charge is 0.384 e. The second kappa shape index (κ2) is 19.2. The van der Waals surface area contributed by atoms with Crippen molar-refractivity contribution in [2.75, 3.05) is 55.7 Å². The lowest BCUT2D eigenvalue weighted by Crippen LogP contribution is -2.48. The van der Waals surface area contributed by atoms with Gasteiger partial charge in [0.05, 0.1) is 22.9 Å². The molecule has 2 aliphatic rings. The molecule has 4 heterocycles. The van der Waals surface area contributed by atoms with Crippen LogP contribution in [0, 0.1) is 6.92 Å². The van der Waals surface area contributed by atoms with E-state index in [2.05, 4.69) is 41.1 Å². The molecule has 2 aromatic heterocycles. The summed E-state index contributed by atoms with van der Waals surface area (Å²) < 4.78 is 0. The number of imide groups is 1. The molecule has 312 valence electrons. The summed E-state index contributed by atoms with van der Waals surface area (Å²) >= 11 is 0. The van der Waals surface area contributed by atoms with Crippen LogP contribution >= 0.6 is 0 Å². The summed E-state index contributed by atoms with van der Waals surface area (Å²) in [6.07, 6.45) is 5.83. The maximum Gasteiger partial charge on any atom is 0.264 e. The normalized spacial score (nSPS) is 14.3. The molecule has 61 heavy (non-hydrogen) atoms. The van der Waals surface area contributed by atoms with Crippen LogP contribution in [0.2, 0.25) is 0 Å². The fourth-order valence-corrected chi connectivity index (χ4v) is 7.30. The Morgan fingerprint density at radius 1 is 0.869 bits per heavy atom. The maximum atomic E-state index is 13.4. The molecule has 3 aromatic carbocycles.